The number of Topliss-reactive ketones (excluding diaryl/α,β-unsaturated/α-hetero) is 1. The third kappa shape index (κ3) is 6.81. The summed E-state index contributed by atoms with van der Waals surface area (Å²) >= 11 is 0. The Hall–Kier alpha value is -1.55. The van der Waals surface area contributed by atoms with Gasteiger partial charge in [0.05, 0.1) is 12.7 Å². The summed E-state index contributed by atoms with van der Waals surface area (Å²) in [4.78, 5) is 57.1. The lowest BCUT2D eigenvalue weighted by Crippen LogP contribution is -2.51. The van der Waals surface area contributed by atoms with E-state index in [4.69, 9.17) is 9.47 Å². The number of phosphoric acid groups is 2. The van der Waals surface area contributed by atoms with Crippen LogP contribution in [0.25, 0.3) is 0 Å². The number of aliphatic hydroxyl groups excluding tert-OH is 1. The number of hydrogen-bond acceptors (Lipinski definition) is 12. The molecular formula is C17H26N2O14P2. The van der Waals surface area contributed by atoms with E-state index in [9.17, 15) is 43.5 Å². The average Bonchev–Trinajstić information content (AvgIpc) is 3.06. The van der Waals surface area contributed by atoms with Gasteiger partial charge in [-0.25, -0.2) is 13.9 Å². The molecule has 0 saturated carbocycles. The van der Waals surface area contributed by atoms with Crippen LogP contribution in [0.3, 0.4) is 0 Å². The zero-order chi connectivity index (χ0) is 26.3. The predicted molar refractivity (Wildman–Crippen MR) is 113 cm³/mol. The van der Waals surface area contributed by atoms with Crippen LogP contribution in [0.2, 0.25) is 0 Å². The number of aryl methyl sites for hydroxylation is 1. The number of nitrogens with one attached hydrogen (secondary N) is 1. The van der Waals surface area contributed by atoms with Gasteiger partial charge in [-0.1, -0.05) is 0 Å². The molecule has 0 bridgehead atoms. The maximum atomic E-state index is 12.2. The number of ketones is 1. The largest absolute Gasteiger partial charge is 0.483 e. The minimum absolute atomic E-state index is 0.131. The highest BCUT2D eigenvalue weighted by Crippen LogP contribution is 2.61. The SMILES string of the molecule is Cc1cn([C@H]2C[C@H](O)[C@@H](COP(=O)(O)OP(=O)(O)O[C@@H]3C[C@@](C)(O)C(=O)[C@@H](C)O3)O2)c(=O)[nH]c1=O. The Morgan fingerprint density at radius 1 is 1.23 bits per heavy atom. The zero-order valence-corrected chi connectivity index (χ0v) is 20.6. The second kappa shape index (κ2) is 10.1. The third-order valence-corrected chi connectivity index (χ3v) is 7.97. The number of H-pyrrole nitrogens is 1. The van der Waals surface area contributed by atoms with Crippen molar-refractivity contribution in [2.75, 3.05) is 6.61 Å². The molecule has 35 heavy (non-hydrogen) atoms. The molecule has 3 rings (SSSR count). The van der Waals surface area contributed by atoms with Gasteiger partial charge in [-0.2, -0.15) is 4.31 Å². The minimum Gasteiger partial charge on any atom is -0.390 e. The van der Waals surface area contributed by atoms with Crippen LogP contribution >= 0.6 is 15.6 Å². The molecule has 2 saturated heterocycles. The number of ether oxygens (including phenoxy) is 2. The molecule has 5 N–H and O–H groups in total. The molecule has 2 aliphatic rings. The maximum absolute atomic E-state index is 12.2. The first-order valence-electron chi connectivity index (χ1n) is 10.3. The van der Waals surface area contributed by atoms with E-state index in [1.165, 1.54) is 20.0 Å². The Morgan fingerprint density at radius 3 is 2.51 bits per heavy atom. The summed E-state index contributed by atoms with van der Waals surface area (Å²) in [7, 11) is -10.6. The van der Waals surface area contributed by atoms with Gasteiger partial charge < -0.3 is 29.5 Å². The van der Waals surface area contributed by atoms with Crippen molar-refractivity contribution in [3.8, 4) is 0 Å². The monoisotopic (exact) mass is 544 g/mol. The molecule has 18 heteroatoms. The first kappa shape index (κ1) is 28.0. The van der Waals surface area contributed by atoms with Crippen molar-refractivity contribution < 1.29 is 56.8 Å². The smallest absolute Gasteiger partial charge is 0.390 e. The van der Waals surface area contributed by atoms with Gasteiger partial charge in [-0.3, -0.25) is 28.2 Å². The zero-order valence-electron chi connectivity index (χ0n) is 18.8. The molecule has 198 valence electrons. The Kier molecular flexibility index (Phi) is 8.07. The number of phosphoric ester groups is 2. The van der Waals surface area contributed by atoms with Crippen molar-refractivity contribution in [1.82, 2.24) is 9.55 Å². The summed E-state index contributed by atoms with van der Waals surface area (Å²) in [5.74, 6) is -0.685. The average molecular weight is 544 g/mol. The second-order valence-electron chi connectivity index (χ2n) is 8.38. The summed E-state index contributed by atoms with van der Waals surface area (Å²) < 4.78 is 49.5. The molecule has 0 radical (unpaired) electrons. The second-order valence-corrected chi connectivity index (χ2v) is 11.4. The highest BCUT2D eigenvalue weighted by molar-refractivity contribution is 7.61. The number of nitrogens with zero attached hydrogens (tertiary/aromatic N) is 1. The summed E-state index contributed by atoms with van der Waals surface area (Å²) in [6.45, 7) is 3.09. The summed E-state index contributed by atoms with van der Waals surface area (Å²) in [6.07, 6.45) is -5.81. The molecule has 2 fully saturated rings. The van der Waals surface area contributed by atoms with Crippen LogP contribution in [0.4, 0.5) is 0 Å². The molecule has 8 atom stereocenters. The van der Waals surface area contributed by atoms with Crippen LogP contribution < -0.4 is 11.2 Å². The fourth-order valence-electron chi connectivity index (χ4n) is 3.59. The molecule has 16 nitrogen and oxygen atoms in total. The van der Waals surface area contributed by atoms with Crippen LogP contribution in [0.5, 0.6) is 0 Å². The van der Waals surface area contributed by atoms with E-state index in [1.807, 2.05) is 0 Å². The Bertz CT molecular complexity index is 1180. The maximum Gasteiger partial charge on any atom is 0.483 e. The fraction of sp³-hybridized carbons (Fsp3) is 0.706. The van der Waals surface area contributed by atoms with Crippen LogP contribution in [-0.4, -0.2) is 72.1 Å². The number of hydrogen-bond donors (Lipinski definition) is 5. The molecule has 0 aromatic carbocycles. The van der Waals surface area contributed by atoms with E-state index in [-0.39, 0.29) is 12.0 Å². The van der Waals surface area contributed by atoms with Gasteiger partial charge in [0.2, 0.25) is 0 Å². The lowest BCUT2D eigenvalue weighted by atomic mass is 9.91. The number of aromatic amines is 1. The molecule has 0 amide bonds. The van der Waals surface area contributed by atoms with E-state index in [2.05, 4.69) is 18.3 Å². The van der Waals surface area contributed by atoms with Crippen molar-refractivity contribution in [1.29, 1.82) is 0 Å². The van der Waals surface area contributed by atoms with E-state index in [0.29, 0.717) is 0 Å². The van der Waals surface area contributed by atoms with Gasteiger partial charge >= 0.3 is 21.3 Å². The van der Waals surface area contributed by atoms with Crippen molar-refractivity contribution in [2.24, 2.45) is 0 Å². The van der Waals surface area contributed by atoms with E-state index in [0.717, 1.165) is 11.5 Å². The van der Waals surface area contributed by atoms with E-state index in [1.54, 1.807) is 0 Å². The first-order chi connectivity index (χ1) is 16.0. The lowest BCUT2D eigenvalue weighted by Gasteiger charge is -2.36. The van der Waals surface area contributed by atoms with Gasteiger partial charge in [-0.15, -0.1) is 0 Å². The summed E-state index contributed by atoms with van der Waals surface area (Å²) in [5.41, 5.74) is -3.12. The van der Waals surface area contributed by atoms with Crippen molar-refractivity contribution in [2.45, 2.75) is 70.0 Å². The molecule has 2 aliphatic heterocycles. The quantitative estimate of drug-likeness (QED) is 0.252. The number of carbonyl (C=O) groups is 1. The molecular weight excluding hydrogens is 518 g/mol. The molecule has 1 aromatic heterocycles. The minimum atomic E-state index is -5.31. The standard InChI is InChI=1S/C17H26N2O14P2/c1-8-6-19(16(23)18-15(8)22)12-4-10(20)11(31-12)7-29-34(25,26)33-35(27,28)32-13-5-17(3,24)14(21)9(2)30-13/h6,9-13,20,24H,4-5,7H2,1-3H3,(H,25,26)(H,27,28)(H,18,22,23)/t9-,10+,11-,12-,13-,17-/m1/s1. The Morgan fingerprint density at radius 2 is 1.89 bits per heavy atom. The fourth-order valence-corrected chi connectivity index (χ4v) is 5.73. The van der Waals surface area contributed by atoms with Crippen molar-refractivity contribution >= 4 is 21.4 Å². The summed E-state index contributed by atoms with van der Waals surface area (Å²) in [6, 6.07) is 0. The molecule has 1 aromatic rings. The van der Waals surface area contributed by atoms with Crippen LogP contribution in [0.1, 0.15) is 38.5 Å². The first-order valence-corrected chi connectivity index (χ1v) is 13.3. The van der Waals surface area contributed by atoms with Crippen molar-refractivity contribution in [3.63, 3.8) is 0 Å². The lowest BCUT2D eigenvalue weighted by molar-refractivity contribution is -0.201. The van der Waals surface area contributed by atoms with Gasteiger partial charge in [0.15, 0.2) is 12.1 Å². The number of aromatic nitrogens is 2. The van der Waals surface area contributed by atoms with Crippen LogP contribution in [0, 0.1) is 6.92 Å². The molecule has 0 aliphatic carbocycles. The Balaban J connectivity index is 1.58. The molecule has 3 heterocycles. The van der Waals surface area contributed by atoms with Crippen LogP contribution in [-0.2, 0) is 36.8 Å². The van der Waals surface area contributed by atoms with E-state index < -0.39 is 82.1 Å². The number of rotatable bonds is 8. The summed E-state index contributed by atoms with van der Waals surface area (Å²) in [5, 5.41) is 20.2. The highest BCUT2D eigenvalue weighted by Gasteiger charge is 2.47. The molecule has 2 unspecified atom stereocenters. The van der Waals surface area contributed by atoms with Crippen LogP contribution in [0.15, 0.2) is 15.8 Å². The Labute approximate surface area is 197 Å². The topological polar surface area (TPSA) is 233 Å². The highest BCUT2D eigenvalue weighted by atomic mass is 31.3. The number of aliphatic hydroxyl groups is 2. The van der Waals surface area contributed by atoms with Crippen molar-refractivity contribution in [3.05, 3.63) is 32.6 Å². The van der Waals surface area contributed by atoms with E-state index >= 15 is 0 Å². The normalized spacial score (nSPS) is 34.9. The van der Waals surface area contributed by atoms with Gasteiger partial charge in [0.25, 0.3) is 5.56 Å². The van der Waals surface area contributed by atoms with Gasteiger partial charge in [-0.05, 0) is 20.8 Å². The molecule has 0 spiro atoms. The number of carbonyl (C=O) groups excluding carboxylic acids is 1. The third-order valence-electron chi connectivity index (χ3n) is 5.34. The van der Waals surface area contributed by atoms with Gasteiger partial charge in [0.1, 0.15) is 24.0 Å². The predicted octanol–water partition coefficient (Wildman–Crippen LogP) is -0.801. The van der Waals surface area contributed by atoms with Gasteiger partial charge in [0, 0.05) is 24.6 Å².